The van der Waals surface area contributed by atoms with Crippen molar-refractivity contribution in [2.45, 2.75) is 50.8 Å². The fourth-order valence-electron chi connectivity index (χ4n) is 4.04. The molecule has 2 aliphatic heterocycles. The van der Waals surface area contributed by atoms with Gasteiger partial charge < -0.3 is 15.8 Å². The summed E-state index contributed by atoms with van der Waals surface area (Å²) in [7, 11) is 0. The van der Waals surface area contributed by atoms with Crippen LogP contribution in [0, 0.1) is 11.3 Å². The zero-order chi connectivity index (χ0) is 24.1. The maximum absolute atomic E-state index is 12.8. The molecule has 1 aromatic heterocycles. The van der Waals surface area contributed by atoms with Crippen LogP contribution >= 0.6 is 23.1 Å². The number of thiazole rings is 1. The lowest BCUT2D eigenvalue weighted by atomic mass is 9.92. The predicted molar refractivity (Wildman–Crippen MR) is 142 cm³/mol. The van der Waals surface area contributed by atoms with Crippen molar-refractivity contribution in [1.82, 2.24) is 9.88 Å². The Bertz CT molecular complexity index is 1050. The summed E-state index contributed by atoms with van der Waals surface area (Å²) in [6.07, 6.45) is 8.75. The number of hydrogen-bond acceptors (Lipinski definition) is 7. The second kappa shape index (κ2) is 11.0. The smallest absolute Gasteiger partial charge is 0.229 e. The Morgan fingerprint density at radius 3 is 2.68 bits per heavy atom. The van der Waals surface area contributed by atoms with Gasteiger partial charge in [0.15, 0.2) is 5.13 Å². The summed E-state index contributed by atoms with van der Waals surface area (Å²) in [5.41, 5.74) is 7.83. The van der Waals surface area contributed by atoms with Crippen LogP contribution < -0.4 is 11.1 Å². The van der Waals surface area contributed by atoms with E-state index in [9.17, 15) is 4.79 Å². The first-order chi connectivity index (χ1) is 16.3. The third kappa shape index (κ3) is 6.87. The van der Waals surface area contributed by atoms with E-state index in [1.165, 1.54) is 16.9 Å². The molecule has 0 radical (unpaired) electrons. The number of nitrogen functional groups attached to an aromatic ring is 1. The molecule has 1 aromatic carbocycles. The zero-order valence-corrected chi connectivity index (χ0v) is 21.8. The molecule has 4 rings (SSSR count). The molecule has 34 heavy (non-hydrogen) atoms. The van der Waals surface area contributed by atoms with E-state index < -0.39 is 0 Å². The van der Waals surface area contributed by atoms with Gasteiger partial charge in [0.1, 0.15) is 11.5 Å². The molecule has 182 valence electrons. The average molecular weight is 499 g/mol. The van der Waals surface area contributed by atoms with Crippen molar-refractivity contribution in [3.8, 4) is 0 Å². The molecule has 8 heteroatoms. The normalized spacial score (nSPS) is 17.6. The summed E-state index contributed by atoms with van der Waals surface area (Å²) >= 11 is 3.22. The van der Waals surface area contributed by atoms with E-state index in [0.717, 1.165) is 66.1 Å². The van der Waals surface area contributed by atoms with Crippen LogP contribution in [-0.4, -0.2) is 34.6 Å². The van der Waals surface area contributed by atoms with Crippen LogP contribution in [0.2, 0.25) is 0 Å². The highest BCUT2D eigenvalue weighted by molar-refractivity contribution is 8.01. The van der Waals surface area contributed by atoms with E-state index in [1.54, 1.807) is 11.8 Å². The molecule has 3 heterocycles. The summed E-state index contributed by atoms with van der Waals surface area (Å²) in [6.45, 7) is 9.22. The molecule has 2 aromatic rings. The van der Waals surface area contributed by atoms with Crippen LogP contribution in [0.4, 0.5) is 10.8 Å². The number of rotatable bonds is 7. The van der Waals surface area contributed by atoms with Crippen molar-refractivity contribution < 1.29 is 9.53 Å². The molecule has 2 aliphatic rings. The number of hydrogen-bond donors (Lipinski definition) is 2. The lowest BCUT2D eigenvalue weighted by Gasteiger charge is -2.31. The second-order valence-electron chi connectivity index (χ2n) is 9.88. The summed E-state index contributed by atoms with van der Waals surface area (Å²) < 4.78 is 7.15. The number of amides is 1. The Morgan fingerprint density at radius 2 is 1.97 bits per heavy atom. The summed E-state index contributed by atoms with van der Waals surface area (Å²) in [6, 6.07) is 8.03. The summed E-state index contributed by atoms with van der Waals surface area (Å²) in [5.74, 6) is 2.89. The van der Waals surface area contributed by atoms with Crippen LogP contribution in [0.25, 0.3) is 0 Å². The minimum atomic E-state index is 0.0123. The predicted octanol–water partition coefficient (Wildman–Crippen LogP) is 5.90. The minimum Gasteiger partial charge on any atom is -0.465 e. The molecular weight excluding hydrogens is 464 g/mol. The molecular formula is C26H34N4O2S2. The molecule has 1 saturated heterocycles. The third-order valence-electron chi connectivity index (χ3n) is 6.04. The number of carbonyl (C=O) groups is 1. The SMILES string of the molecule is CC(C)(C)C1=CCC=C(CSc2cnc(NC(=O)C3CCN(Cc4ccc(N)cc4)CC3)s2)O1. The molecule has 0 unspecified atom stereocenters. The van der Waals surface area contributed by atoms with Gasteiger partial charge in [0, 0.05) is 23.6 Å². The molecule has 0 spiro atoms. The number of ether oxygens (including phenoxy) is 1. The molecule has 0 bridgehead atoms. The monoisotopic (exact) mass is 498 g/mol. The molecule has 0 saturated carbocycles. The van der Waals surface area contributed by atoms with Crippen LogP contribution in [0.1, 0.15) is 45.6 Å². The standard InChI is InChI=1S/C26H34N4O2S2/c1-26(2,3)22-6-4-5-21(32-22)17-33-23-15-28-25(34-23)29-24(31)19-11-13-30(14-12-19)16-18-7-9-20(27)10-8-18/h5-10,15,19H,4,11-14,16-17,27H2,1-3H3,(H,28,29,31). The van der Waals surface area contributed by atoms with Crippen molar-refractivity contribution in [3.63, 3.8) is 0 Å². The van der Waals surface area contributed by atoms with E-state index in [2.05, 4.69) is 60.3 Å². The first-order valence-electron chi connectivity index (χ1n) is 11.8. The number of thioether (sulfide) groups is 1. The van der Waals surface area contributed by atoms with Gasteiger partial charge in [0.05, 0.1) is 16.2 Å². The number of nitrogens with zero attached hydrogens (tertiary/aromatic N) is 2. The molecule has 0 atom stereocenters. The topological polar surface area (TPSA) is 80.5 Å². The Kier molecular flexibility index (Phi) is 8.01. The third-order valence-corrected chi connectivity index (χ3v) is 8.17. The maximum atomic E-state index is 12.8. The highest BCUT2D eigenvalue weighted by atomic mass is 32.2. The Balaban J connectivity index is 1.20. The number of anilines is 2. The van der Waals surface area contributed by atoms with Gasteiger partial charge >= 0.3 is 0 Å². The van der Waals surface area contributed by atoms with Gasteiger partial charge in [0.25, 0.3) is 0 Å². The van der Waals surface area contributed by atoms with E-state index in [4.69, 9.17) is 10.5 Å². The van der Waals surface area contributed by atoms with Gasteiger partial charge in [-0.3, -0.25) is 9.69 Å². The number of nitrogens with two attached hydrogens (primary N) is 1. The Hall–Kier alpha value is -2.29. The van der Waals surface area contributed by atoms with Crippen molar-refractivity contribution in [2.24, 2.45) is 11.3 Å². The zero-order valence-electron chi connectivity index (χ0n) is 20.2. The number of nitrogens with one attached hydrogen (secondary N) is 1. The highest BCUT2D eigenvalue weighted by Gasteiger charge is 2.26. The van der Waals surface area contributed by atoms with Gasteiger partial charge in [-0.05, 0) is 62.2 Å². The van der Waals surface area contributed by atoms with Gasteiger partial charge in [-0.2, -0.15) is 0 Å². The minimum absolute atomic E-state index is 0.0123. The number of piperidine rings is 1. The molecule has 1 fully saturated rings. The Morgan fingerprint density at radius 1 is 1.24 bits per heavy atom. The first kappa shape index (κ1) is 24.8. The van der Waals surface area contributed by atoms with Gasteiger partial charge in [-0.25, -0.2) is 4.98 Å². The van der Waals surface area contributed by atoms with Crippen LogP contribution in [0.3, 0.4) is 0 Å². The van der Waals surface area contributed by atoms with E-state index >= 15 is 0 Å². The fraction of sp³-hybridized carbons (Fsp3) is 0.462. The van der Waals surface area contributed by atoms with Crippen LogP contribution in [-0.2, 0) is 16.1 Å². The van der Waals surface area contributed by atoms with Crippen molar-refractivity contribution >= 4 is 39.8 Å². The summed E-state index contributed by atoms with van der Waals surface area (Å²) in [4.78, 5) is 19.6. The van der Waals surface area contributed by atoms with Crippen molar-refractivity contribution in [1.29, 1.82) is 0 Å². The van der Waals surface area contributed by atoms with Gasteiger partial charge in [0.2, 0.25) is 5.91 Å². The van der Waals surface area contributed by atoms with Crippen LogP contribution in [0.15, 0.2) is 58.3 Å². The lowest BCUT2D eigenvalue weighted by molar-refractivity contribution is -0.121. The quantitative estimate of drug-likeness (QED) is 0.365. The van der Waals surface area contributed by atoms with E-state index in [-0.39, 0.29) is 17.2 Å². The van der Waals surface area contributed by atoms with Gasteiger partial charge in [-0.1, -0.05) is 44.2 Å². The van der Waals surface area contributed by atoms with Crippen molar-refractivity contribution in [2.75, 3.05) is 29.9 Å². The molecule has 0 aliphatic carbocycles. The number of carbonyl (C=O) groups excluding carboxylic acids is 1. The number of allylic oxidation sites excluding steroid dienone is 3. The number of benzene rings is 1. The lowest BCUT2D eigenvalue weighted by Crippen LogP contribution is -2.37. The fourth-order valence-corrected chi connectivity index (χ4v) is 5.83. The summed E-state index contributed by atoms with van der Waals surface area (Å²) in [5, 5.41) is 3.71. The Labute approximate surface area is 210 Å². The van der Waals surface area contributed by atoms with Crippen LogP contribution in [0.5, 0.6) is 0 Å². The molecule has 6 nitrogen and oxygen atoms in total. The first-order valence-corrected chi connectivity index (χ1v) is 13.6. The average Bonchev–Trinajstić information content (AvgIpc) is 3.26. The van der Waals surface area contributed by atoms with Gasteiger partial charge in [-0.15, -0.1) is 11.8 Å². The number of likely N-dealkylation sites (tertiary alicyclic amines) is 1. The maximum Gasteiger partial charge on any atom is 0.229 e. The van der Waals surface area contributed by atoms with Crippen molar-refractivity contribution in [3.05, 3.63) is 59.7 Å². The van der Waals surface area contributed by atoms with E-state index in [0.29, 0.717) is 5.13 Å². The second-order valence-corrected chi connectivity index (χ2v) is 12.2. The molecule has 1 amide bonds. The molecule has 3 N–H and O–H groups in total. The van der Waals surface area contributed by atoms with E-state index in [1.807, 2.05) is 18.3 Å². The number of aromatic nitrogens is 1. The highest BCUT2D eigenvalue weighted by Crippen LogP contribution is 2.35. The largest absolute Gasteiger partial charge is 0.465 e.